The van der Waals surface area contributed by atoms with Crippen molar-refractivity contribution in [1.82, 2.24) is 5.32 Å². The van der Waals surface area contributed by atoms with E-state index in [1.165, 1.54) is 0 Å². The molecule has 0 radical (unpaired) electrons. The maximum atomic E-state index is 12.7. The fourth-order valence-electron chi connectivity index (χ4n) is 2.24. The van der Waals surface area contributed by atoms with Crippen molar-refractivity contribution >= 4 is 29.0 Å². The van der Waals surface area contributed by atoms with Crippen molar-refractivity contribution in [3.05, 3.63) is 64.7 Å². The first kappa shape index (κ1) is 18.0. The minimum atomic E-state index is -0.304. The molecule has 4 nitrogen and oxygen atoms in total. The summed E-state index contributed by atoms with van der Waals surface area (Å²) >= 11 is 6.04. The highest BCUT2D eigenvalue weighted by Gasteiger charge is 2.17. The van der Waals surface area contributed by atoms with E-state index in [9.17, 15) is 9.59 Å². The third kappa shape index (κ3) is 5.10. The minimum Gasteiger partial charge on any atom is -0.376 e. The van der Waals surface area contributed by atoms with Crippen molar-refractivity contribution in [3.8, 4) is 0 Å². The third-order valence-corrected chi connectivity index (χ3v) is 3.45. The molecule has 0 spiro atoms. The quantitative estimate of drug-likeness (QED) is 0.809. The molecule has 5 heteroatoms. The second kappa shape index (κ2) is 7.49. The smallest absolute Gasteiger partial charge is 0.239 e. The summed E-state index contributed by atoms with van der Waals surface area (Å²) in [5, 5.41) is 6.36. The molecule has 0 aliphatic rings. The summed E-state index contributed by atoms with van der Waals surface area (Å²) in [6.45, 7) is 5.82. The highest BCUT2D eigenvalue weighted by atomic mass is 35.5. The number of ketones is 1. The van der Waals surface area contributed by atoms with Gasteiger partial charge in [-0.2, -0.15) is 0 Å². The number of benzene rings is 2. The van der Waals surface area contributed by atoms with Gasteiger partial charge < -0.3 is 10.6 Å². The molecule has 0 heterocycles. The zero-order valence-corrected chi connectivity index (χ0v) is 14.8. The van der Waals surface area contributed by atoms with Gasteiger partial charge in [-0.05, 0) is 39.0 Å². The van der Waals surface area contributed by atoms with Crippen LogP contribution in [-0.2, 0) is 4.79 Å². The fraction of sp³-hybridized carbons (Fsp3) is 0.263. The van der Waals surface area contributed by atoms with Crippen LogP contribution in [0.25, 0.3) is 0 Å². The zero-order chi connectivity index (χ0) is 17.7. The van der Waals surface area contributed by atoms with Gasteiger partial charge in [0, 0.05) is 27.4 Å². The van der Waals surface area contributed by atoms with Gasteiger partial charge >= 0.3 is 0 Å². The van der Waals surface area contributed by atoms with Crippen LogP contribution < -0.4 is 10.6 Å². The van der Waals surface area contributed by atoms with Gasteiger partial charge in [-0.1, -0.05) is 41.9 Å². The number of anilines is 1. The molecule has 0 unspecified atom stereocenters. The molecule has 0 saturated heterocycles. The molecule has 0 aliphatic heterocycles. The second-order valence-corrected chi connectivity index (χ2v) is 6.97. The number of halogens is 1. The van der Waals surface area contributed by atoms with Crippen LogP contribution in [0.2, 0.25) is 5.02 Å². The van der Waals surface area contributed by atoms with Crippen LogP contribution in [0.3, 0.4) is 0 Å². The largest absolute Gasteiger partial charge is 0.376 e. The molecule has 2 aromatic rings. The van der Waals surface area contributed by atoms with Crippen molar-refractivity contribution in [2.75, 3.05) is 11.9 Å². The summed E-state index contributed by atoms with van der Waals surface area (Å²) in [6, 6.07) is 14.0. The van der Waals surface area contributed by atoms with Crippen LogP contribution in [0.5, 0.6) is 0 Å². The van der Waals surface area contributed by atoms with E-state index in [1.54, 1.807) is 30.3 Å². The number of rotatable bonds is 5. The molecule has 0 atom stereocenters. The Kier molecular flexibility index (Phi) is 5.62. The standard InChI is InChI=1S/C19H21ClN2O2/c1-19(2,3)22-17(23)12-21-16-10-9-14(20)11-15(16)18(24)13-7-5-4-6-8-13/h4-11,21H,12H2,1-3H3,(H,22,23). The SMILES string of the molecule is CC(C)(C)NC(=O)CNc1ccc(Cl)cc1C(=O)c1ccccc1. The number of hydrogen-bond acceptors (Lipinski definition) is 3. The van der Waals surface area contributed by atoms with Crippen LogP contribution in [0.15, 0.2) is 48.5 Å². The number of nitrogens with one attached hydrogen (secondary N) is 2. The Labute approximate surface area is 147 Å². The third-order valence-electron chi connectivity index (χ3n) is 3.22. The Morgan fingerprint density at radius 1 is 1.04 bits per heavy atom. The topological polar surface area (TPSA) is 58.2 Å². The van der Waals surface area contributed by atoms with Crippen molar-refractivity contribution in [2.24, 2.45) is 0 Å². The maximum Gasteiger partial charge on any atom is 0.239 e. The predicted molar refractivity (Wildman–Crippen MR) is 97.7 cm³/mol. The lowest BCUT2D eigenvalue weighted by Crippen LogP contribution is -2.43. The van der Waals surface area contributed by atoms with E-state index in [0.29, 0.717) is 21.8 Å². The van der Waals surface area contributed by atoms with Crippen LogP contribution in [-0.4, -0.2) is 23.8 Å². The highest BCUT2D eigenvalue weighted by Crippen LogP contribution is 2.23. The van der Waals surface area contributed by atoms with Gasteiger partial charge in [-0.3, -0.25) is 9.59 Å². The van der Waals surface area contributed by atoms with E-state index in [1.807, 2.05) is 39.0 Å². The molecule has 0 aliphatic carbocycles. The van der Waals surface area contributed by atoms with Crippen LogP contribution in [0, 0.1) is 0 Å². The summed E-state index contributed by atoms with van der Waals surface area (Å²) in [7, 11) is 0. The Morgan fingerprint density at radius 2 is 1.71 bits per heavy atom. The van der Waals surface area contributed by atoms with E-state index in [4.69, 9.17) is 11.6 Å². The van der Waals surface area contributed by atoms with Crippen LogP contribution in [0.4, 0.5) is 5.69 Å². The normalized spacial score (nSPS) is 11.0. The average Bonchev–Trinajstić information content (AvgIpc) is 2.52. The lowest BCUT2D eigenvalue weighted by Gasteiger charge is -2.21. The molecule has 0 fully saturated rings. The van der Waals surface area contributed by atoms with Gasteiger partial charge in [0.2, 0.25) is 5.91 Å². The van der Waals surface area contributed by atoms with Crippen molar-refractivity contribution < 1.29 is 9.59 Å². The summed E-state index contributed by atoms with van der Waals surface area (Å²) in [6.07, 6.45) is 0. The molecule has 0 saturated carbocycles. The van der Waals surface area contributed by atoms with Gasteiger partial charge in [0.05, 0.1) is 6.54 Å². The Bertz CT molecular complexity index is 737. The van der Waals surface area contributed by atoms with Gasteiger partial charge in [-0.15, -0.1) is 0 Å². The van der Waals surface area contributed by atoms with Crippen LogP contribution in [0.1, 0.15) is 36.7 Å². The fourth-order valence-corrected chi connectivity index (χ4v) is 2.41. The van der Waals surface area contributed by atoms with Crippen molar-refractivity contribution in [2.45, 2.75) is 26.3 Å². The summed E-state index contributed by atoms with van der Waals surface area (Å²) in [5.74, 6) is -0.285. The summed E-state index contributed by atoms with van der Waals surface area (Å²) in [4.78, 5) is 24.7. The van der Waals surface area contributed by atoms with E-state index in [2.05, 4.69) is 10.6 Å². The van der Waals surface area contributed by atoms with E-state index < -0.39 is 0 Å². The first-order chi connectivity index (χ1) is 11.3. The molecule has 2 rings (SSSR count). The monoisotopic (exact) mass is 344 g/mol. The van der Waals surface area contributed by atoms with E-state index >= 15 is 0 Å². The van der Waals surface area contributed by atoms with Crippen LogP contribution >= 0.6 is 11.6 Å². The molecule has 0 bridgehead atoms. The number of amides is 1. The summed E-state index contributed by atoms with van der Waals surface area (Å²) in [5.41, 5.74) is 1.29. The lowest BCUT2D eigenvalue weighted by molar-refractivity contribution is -0.120. The summed E-state index contributed by atoms with van der Waals surface area (Å²) < 4.78 is 0. The molecular formula is C19H21ClN2O2. The van der Waals surface area contributed by atoms with Gasteiger partial charge in [0.15, 0.2) is 5.78 Å². The van der Waals surface area contributed by atoms with Gasteiger partial charge in [-0.25, -0.2) is 0 Å². The number of hydrogen-bond donors (Lipinski definition) is 2. The predicted octanol–water partition coefficient (Wildman–Crippen LogP) is 3.90. The molecule has 1 amide bonds. The lowest BCUT2D eigenvalue weighted by atomic mass is 10.0. The second-order valence-electron chi connectivity index (χ2n) is 6.54. The average molecular weight is 345 g/mol. The highest BCUT2D eigenvalue weighted by molar-refractivity contribution is 6.31. The zero-order valence-electron chi connectivity index (χ0n) is 14.0. The molecular weight excluding hydrogens is 324 g/mol. The number of carbonyl (C=O) groups is 2. The molecule has 2 N–H and O–H groups in total. The maximum absolute atomic E-state index is 12.7. The van der Waals surface area contributed by atoms with E-state index in [0.717, 1.165) is 0 Å². The Hall–Kier alpha value is -2.33. The molecule has 24 heavy (non-hydrogen) atoms. The Balaban J connectivity index is 2.19. The molecule has 2 aromatic carbocycles. The molecule has 0 aromatic heterocycles. The first-order valence-electron chi connectivity index (χ1n) is 7.70. The minimum absolute atomic E-state index is 0.0774. The number of carbonyl (C=O) groups excluding carboxylic acids is 2. The van der Waals surface area contributed by atoms with E-state index in [-0.39, 0.29) is 23.8 Å². The first-order valence-corrected chi connectivity index (χ1v) is 8.08. The van der Waals surface area contributed by atoms with Crippen molar-refractivity contribution in [1.29, 1.82) is 0 Å². The molecule has 126 valence electrons. The van der Waals surface area contributed by atoms with Gasteiger partial charge in [0.1, 0.15) is 0 Å². The van der Waals surface area contributed by atoms with Gasteiger partial charge in [0.25, 0.3) is 0 Å². The van der Waals surface area contributed by atoms with Crippen molar-refractivity contribution in [3.63, 3.8) is 0 Å². The Morgan fingerprint density at radius 3 is 2.33 bits per heavy atom.